The van der Waals surface area contributed by atoms with E-state index in [1.54, 1.807) is 11.3 Å². The van der Waals surface area contributed by atoms with E-state index >= 15 is 0 Å². The molecule has 2 N–H and O–H groups in total. The van der Waals surface area contributed by atoms with E-state index < -0.39 is 0 Å². The van der Waals surface area contributed by atoms with Gasteiger partial charge in [-0.3, -0.25) is 4.79 Å². The molecular formula is C24H20ClN3OS2. The van der Waals surface area contributed by atoms with Crippen LogP contribution in [0.2, 0.25) is 5.02 Å². The number of hydrogen-bond acceptors (Lipinski definition) is 4. The van der Waals surface area contributed by atoms with Gasteiger partial charge in [0, 0.05) is 22.7 Å². The van der Waals surface area contributed by atoms with Crippen LogP contribution in [0, 0.1) is 6.92 Å². The average Bonchev–Trinajstić information content (AvgIpc) is 3.17. The number of carbonyl (C=O) groups is 1. The zero-order chi connectivity index (χ0) is 21.8. The van der Waals surface area contributed by atoms with E-state index in [1.807, 2.05) is 54.6 Å². The van der Waals surface area contributed by atoms with Gasteiger partial charge in [0.25, 0.3) is 0 Å². The molecule has 0 radical (unpaired) electrons. The number of carbonyl (C=O) groups excluding carboxylic acids is 1. The minimum Gasteiger partial charge on any atom is -0.332 e. The summed E-state index contributed by atoms with van der Waals surface area (Å²) in [6.07, 6.45) is 0.867. The molecule has 1 aromatic heterocycles. The van der Waals surface area contributed by atoms with Gasteiger partial charge in [0.15, 0.2) is 5.11 Å². The molecule has 4 nitrogen and oxygen atoms in total. The lowest BCUT2D eigenvalue weighted by molar-refractivity contribution is -0.119. The van der Waals surface area contributed by atoms with Gasteiger partial charge in [-0.2, -0.15) is 0 Å². The molecule has 1 amide bonds. The number of aromatic nitrogens is 1. The van der Waals surface area contributed by atoms with E-state index in [-0.39, 0.29) is 11.0 Å². The van der Waals surface area contributed by atoms with E-state index in [0.717, 1.165) is 27.3 Å². The third-order valence-corrected chi connectivity index (χ3v) is 6.41. The summed E-state index contributed by atoms with van der Waals surface area (Å²) in [6, 6.07) is 21.6. The maximum atomic E-state index is 12.2. The number of aryl methyl sites for hydroxylation is 2. The molecule has 31 heavy (non-hydrogen) atoms. The van der Waals surface area contributed by atoms with Gasteiger partial charge in [0.2, 0.25) is 5.91 Å². The van der Waals surface area contributed by atoms with E-state index in [0.29, 0.717) is 17.9 Å². The molecule has 0 unspecified atom stereocenters. The Morgan fingerprint density at radius 1 is 1.10 bits per heavy atom. The monoisotopic (exact) mass is 465 g/mol. The van der Waals surface area contributed by atoms with Gasteiger partial charge in [0.05, 0.1) is 10.2 Å². The van der Waals surface area contributed by atoms with Crippen LogP contribution in [0.1, 0.15) is 17.5 Å². The normalized spacial score (nSPS) is 10.8. The Kier molecular flexibility index (Phi) is 6.61. The summed E-state index contributed by atoms with van der Waals surface area (Å²) in [5.74, 6) is -0.154. The zero-order valence-electron chi connectivity index (χ0n) is 16.8. The first-order valence-corrected chi connectivity index (χ1v) is 11.4. The molecule has 0 fully saturated rings. The molecule has 1 heterocycles. The van der Waals surface area contributed by atoms with Crippen molar-refractivity contribution in [2.24, 2.45) is 0 Å². The lowest BCUT2D eigenvalue weighted by Gasteiger charge is -2.10. The van der Waals surface area contributed by atoms with Gasteiger partial charge in [-0.15, -0.1) is 11.3 Å². The van der Waals surface area contributed by atoms with Crippen molar-refractivity contribution in [3.8, 4) is 10.6 Å². The van der Waals surface area contributed by atoms with Gasteiger partial charge in [-0.05, 0) is 79.2 Å². The van der Waals surface area contributed by atoms with Crippen LogP contribution in [0.3, 0.4) is 0 Å². The third kappa shape index (κ3) is 5.47. The molecule has 0 bridgehead atoms. The minimum atomic E-state index is -0.154. The highest BCUT2D eigenvalue weighted by atomic mass is 35.5. The van der Waals surface area contributed by atoms with Crippen LogP contribution in [0.5, 0.6) is 0 Å². The van der Waals surface area contributed by atoms with Crippen molar-refractivity contribution in [1.29, 1.82) is 0 Å². The van der Waals surface area contributed by atoms with E-state index in [1.165, 1.54) is 10.3 Å². The Hall–Kier alpha value is -2.80. The lowest BCUT2D eigenvalue weighted by Crippen LogP contribution is -2.34. The Balaban J connectivity index is 1.33. The summed E-state index contributed by atoms with van der Waals surface area (Å²) in [4.78, 5) is 16.9. The Morgan fingerprint density at radius 2 is 1.87 bits per heavy atom. The molecule has 0 spiro atoms. The molecule has 0 aliphatic carbocycles. The second-order valence-corrected chi connectivity index (χ2v) is 9.01. The Morgan fingerprint density at radius 3 is 2.65 bits per heavy atom. The van der Waals surface area contributed by atoms with Crippen molar-refractivity contribution in [2.45, 2.75) is 19.8 Å². The SMILES string of the molecule is Cc1ccc2nc(-c3ccc(NC(=S)NC(=O)CCc4ccccc4Cl)cc3)sc2c1. The summed E-state index contributed by atoms with van der Waals surface area (Å²) >= 11 is 13.1. The van der Waals surface area contributed by atoms with Crippen LogP contribution < -0.4 is 10.6 Å². The van der Waals surface area contributed by atoms with E-state index in [2.05, 4.69) is 29.7 Å². The van der Waals surface area contributed by atoms with Crippen molar-refractivity contribution < 1.29 is 4.79 Å². The fourth-order valence-electron chi connectivity index (χ4n) is 3.15. The Labute approximate surface area is 195 Å². The van der Waals surface area contributed by atoms with Crippen molar-refractivity contribution in [2.75, 3.05) is 5.32 Å². The van der Waals surface area contributed by atoms with Gasteiger partial charge in [-0.1, -0.05) is 35.9 Å². The molecule has 4 rings (SSSR count). The second-order valence-electron chi connectivity index (χ2n) is 7.16. The fraction of sp³-hybridized carbons (Fsp3) is 0.125. The largest absolute Gasteiger partial charge is 0.332 e. The number of thiazole rings is 1. The van der Waals surface area contributed by atoms with E-state index in [4.69, 9.17) is 28.8 Å². The summed E-state index contributed by atoms with van der Waals surface area (Å²) in [5.41, 5.74) is 5.02. The predicted molar refractivity (Wildman–Crippen MR) is 134 cm³/mol. The van der Waals surface area contributed by atoms with Gasteiger partial charge in [-0.25, -0.2) is 4.98 Å². The number of amides is 1. The summed E-state index contributed by atoms with van der Waals surface area (Å²) < 4.78 is 1.18. The maximum absolute atomic E-state index is 12.2. The average molecular weight is 466 g/mol. The number of thiocarbonyl (C=S) groups is 1. The number of halogens is 1. The first kappa shape index (κ1) is 21.4. The van der Waals surface area contributed by atoms with Crippen molar-refractivity contribution >= 4 is 62.1 Å². The van der Waals surface area contributed by atoms with Crippen LogP contribution in [0.25, 0.3) is 20.8 Å². The molecular weight excluding hydrogens is 446 g/mol. The van der Waals surface area contributed by atoms with Crippen LogP contribution in [0.15, 0.2) is 66.7 Å². The van der Waals surface area contributed by atoms with Crippen molar-refractivity contribution in [3.63, 3.8) is 0 Å². The first-order chi connectivity index (χ1) is 15.0. The standard InChI is InChI=1S/C24H20ClN3OS2/c1-15-6-12-20-21(14-15)31-23(27-20)17-7-10-18(11-8-17)26-24(30)28-22(29)13-9-16-4-2-3-5-19(16)25/h2-8,10-12,14H,9,13H2,1H3,(H2,26,28,29,30). The van der Waals surface area contributed by atoms with Crippen LogP contribution in [-0.4, -0.2) is 16.0 Å². The van der Waals surface area contributed by atoms with Crippen molar-refractivity contribution in [3.05, 3.63) is 82.9 Å². The van der Waals surface area contributed by atoms with Crippen LogP contribution in [-0.2, 0) is 11.2 Å². The molecule has 0 aliphatic heterocycles. The fourth-order valence-corrected chi connectivity index (χ4v) is 4.68. The number of fused-ring (bicyclic) bond motifs is 1. The lowest BCUT2D eigenvalue weighted by atomic mass is 10.1. The zero-order valence-corrected chi connectivity index (χ0v) is 19.2. The second kappa shape index (κ2) is 9.56. The smallest absolute Gasteiger partial charge is 0.226 e. The number of benzene rings is 3. The number of rotatable bonds is 5. The molecule has 0 atom stereocenters. The summed E-state index contributed by atoms with van der Waals surface area (Å²) in [5, 5.41) is 7.68. The number of nitrogens with zero attached hydrogens (tertiary/aromatic N) is 1. The van der Waals surface area contributed by atoms with E-state index in [9.17, 15) is 4.79 Å². The van der Waals surface area contributed by atoms with Gasteiger partial charge < -0.3 is 10.6 Å². The number of hydrogen-bond donors (Lipinski definition) is 2. The van der Waals surface area contributed by atoms with Crippen LogP contribution >= 0.6 is 35.2 Å². The molecule has 0 saturated carbocycles. The Bertz CT molecular complexity index is 1250. The van der Waals surface area contributed by atoms with Gasteiger partial charge >= 0.3 is 0 Å². The molecule has 0 aliphatic rings. The highest BCUT2D eigenvalue weighted by Crippen LogP contribution is 2.31. The molecule has 3 aromatic carbocycles. The molecule has 156 valence electrons. The number of anilines is 1. The molecule has 0 saturated heterocycles. The predicted octanol–water partition coefficient (Wildman–Crippen LogP) is 6.37. The molecule has 7 heteroatoms. The third-order valence-electron chi connectivity index (χ3n) is 4.77. The highest BCUT2D eigenvalue weighted by Gasteiger charge is 2.09. The van der Waals surface area contributed by atoms with Gasteiger partial charge in [0.1, 0.15) is 5.01 Å². The molecule has 4 aromatic rings. The minimum absolute atomic E-state index is 0.154. The first-order valence-electron chi connectivity index (χ1n) is 9.80. The summed E-state index contributed by atoms with van der Waals surface area (Å²) in [7, 11) is 0. The maximum Gasteiger partial charge on any atom is 0.226 e. The summed E-state index contributed by atoms with van der Waals surface area (Å²) in [6.45, 7) is 2.08. The van der Waals surface area contributed by atoms with Crippen molar-refractivity contribution in [1.82, 2.24) is 10.3 Å². The van der Waals surface area contributed by atoms with Crippen LogP contribution in [0.4, 0.5) is 5.69 Å². The number of nitrogens with one attached hydrogen (secondary N) is 2. The topological polar surface area (TPSA) is 54.0 Å². The quantitative estimate of drug-likeness (QED) is 0.336. The highest BCUT2D eigenvalue weighted by molar-refractivity contribution is 7.80.